The van der Waals surface area contributed by atoms with E-state index in [0.717, 1.165) is 54.0 Å². The van der Waals surface area contributed by atoms with E-state index in [0.29, 0.717) is 12.4 Å². The van der Waals surface area contributed by atoms with Gasteiger partial charge in [-0.3, -0.25) is 4.79 Å². The van der Waals surface area contributed by atoms with E-state index < -0.39 is 0 Å². The minimum atomic E-state index is -0.176. The predicted molar refractivity (Wildman–Crippen MR) is 121 cm³/mol. The molecule has 4 rings (SSSR count). The molecule has 2 aromatic heterocycles. The zero-order chi connectivity index (χ0) is 22.0. The number of para-hydroxylation sites is 1. The number of aryl methyl sites for hydroxylation is 3. The summed E-state index contributed by atoms with van der Waals surface area (Å²) in [5.41, 5.74) is 5.02. The summed E-state index contributed by atoms with van der Waals surface area (Å²) in [6.45, 7) is 8.40. The standard InChI is InChI=1S/C23H30N6O2/c1-16-13-17(2)25-22-21(16)23(26-28(22)4)31-15-20(30)24-14-18-7-5-6-8-19(18)29-11-9-27(3)10-12-29/h5-8,13H,9-12,14-15H2,1-4H3,(H,24,30). The lowest BCUT2D eigenvalue weighted by molar-refractivity contribution is -0.123. The molecule has 0 saturated carbocycles. The van der Waals surface area contributed by atoms with E-state index in [1.165, 1.54) is 5.69 Å². The number of likely N-dealkylation sites (N-methyl/N-ethyl adjacent to an activating group) is 1. The minimum absolute atomic E-state index is 0.0872. The molecular formula is C23H30N6O2. The molecule has 8 nitrogen and oxygen atoms in total. The van der Waals surface area contributed by atoms with Crippen molar-refractivity contribution in [3.63, 3.8) is 0 Å². The summed E-state index contributed by atoms with van der Waals surface area (Å²) in [5, 5.41) is 8.24. The molecular weight excluding hydrogens is 392 g/mol. The molecule has 3 heterocycles. The van der Waals surface area contributed by atoms with Crippen LogP contribution in [0.4, 0.5) is 5.69 Å². The second kappa shape index (κ2) is 8.93. The second-order valence-electron chi connectivity index (χ2n) is 8.19. The quantitative estimate of drug-likeness (QED) is 0.655. The van der Waals surface area contributed by atoms with E-state index in [1.807, 2.05) is 39.1 Å². The number of piperazine rings is 1. The van der Waals surface area contributed by atoms with E-state index >= 15 is 0 Å². The average molecular weight is 423 g/mol. The molecule has 0 spiro atoms. The Hall–Kier alpha value is -3.13. The van der Waals surface area contributed by atoms with Gasteiger partial charge in [-0.1, -0.05) is 18.2 Å². The molecule has 1 saturated heterocycles. The number of carbonyl (C=O) groups excluding carboxylic acids is 1. The van der Waals surface area contributed by atoms with Gasteiger partial charge in [-0.15, -0.1) is 5.10 Å². The number of pyridine rings is 1. The largest absolute Gasteiger partial charge is 0.466 e. The van der Waals surface area contributed by atoms with Gasteiger partial charge in [-0.2, -0.15) is 0 Å². The average Bonchev–Trinajstić information content (AvgIpc) is 3.07. The van der Waals surface area contributed by atoms with Crippen LogP contribution in [0.25, 0.3) is 11.0 Å². The number of nitrogens with one attached hydrogen (secondary N) is 1. The number of carbonyl (C=O) groups is 1. The van der Waals surface area contributed by atoms with Crippen LogP contribution >= 0.6 is 0 Å². The van der Waals surface area contributed by atoms with Crippen LogP contribution in [0.2, 0.25) is 0 Å². The van der Waals surface area contributed by atoms with Crippen LogP contribution in [0.1, 0.15) is 16.8 Å². The molecule has 0 bridgehead atoms. The maximum absolute atomic E-state index is 12.5. The second-order valence-corrected chi connectivity index (χ2v) is 8.19. The van der Waals surface area contributed by atoms with Gasteiger partial charge < -0.3 is 19.9 Å². The van der Waals surface area contributed by atoms with E-state index in [1.54, 1.807) is 4.68 Å². The minimum Gasteiger partial charge on any atom is -0.466 e. The van der Waals surface area contributed by atoms with E-state index in [2.05, 4.69) is 44.4 Å². The summed E-state index contributed by atoms with van der Waals surface area (Å²) in [4.78, 5) is 21.7. The number of fused-ring (bicyclic) bond motifs is 1. The van der Waals surface area contributed by atoms with Crippen molar-refractivity contribution >= 4 is 22.6 Å². The Morgan fingerprint density at radius 1 is 1.13 bits per heavy atom. The zero-order valence-corrected chi connectivity index (χ0v) is 18.7. The number of benzene rings is 1. The number of nitrogens with zero attached hydrogens (tertiary/aromatic N) is 5. The van der Waals surface area contributed by atoms with Gasteiger partial charge in [0, 0.05) is 51.2 Å². The third kappa shape index (κ3) is 4.64. The molecule has 0 atom stereocenters. The van der Waals surface area contributed by atoms with Crippen LogP contribution in [0, 0.1) is 13.8 Å². The van der Waals surface area contributed by atoms with Crippen LogP contribution in [0.5, 0.6) is 5.88 Å². The summed E-state index contributed by atoms with van der Waals surface area (Å²) in [5.74, 6) is 0.264. The van der Waals surface area contributed by atoms with Gasteiger partial charge in [-0.25, -0.2) is 9.67 Å². The van der Waals surface area contributed by atoms with Crippen molar-refractivity contribution in [1.29, 1.82) is 0 Å². The molecule has 31 heavy (non-hydrogen) atoms. The molecule has 1 fully saturated rings. The molecule has 1 aliphatic rings. The number of hydrogen-bond acceptors (Lipinski definition) is 6. The van der Waals surface area contributed by atoms with Crippen LogP contribution < -0.4 is 15.0 Å². The summed E-state index contributed by atoms with van der Waals surface area (Å²) in [7, 11) is 3.98. The summed E-state index contributed by atoms with van der Waals surface area (Å²) in [6.07, 6.45) is 0. The van der Waals surface area contributed by atoms with Crippen molar-refractivity contribution in [3.8, 4) is 5.88 Å². The monoisotopic (exact) mass is 422 g/mol. The molecule has 1 aliphatic heterocycles. The molecule has 1 N–H and O–H groups in total. The maximum Gasteiger partial charge on any atom is 0.258 e. The number of rotatable bonds is 6. The lowest BCUT2D eigenvalue weighted by Gasteiger charge is -2.35. The van der Waals surface area contributed by atoms with Crippen LogP contribution in [0.3, 0.4) is 0 Å². The van der Waals surface area contributed by atoms with Gasteiger partial charge in [0.25, 0.3) is 5.91 Å². The van der Waals surface area contributed by atoms with Gasteiger partial charge in [0.15, 0.2) is 12.3 Å². The third-order valence-corrected chi connectivity index (χ3v) is 5.74. The van der Waals surface area contributed by atoms with E-state index in [-0.39, 0.29) is 12.5 Å². The van der Waals surface area contributed by atoms with Crippen molar-refractivity contribution in [3.05, 3.63) is 47.2 Å². The van der Waals surface area contributed by atoms with E-state index in [4.69, 9.17) is 4.74 Å². The number of ether oxygens (including phenoxy) is 1. The number of amides is 1. The Bertz CT molecular complexity index is 1090. The molecule has 8 heteroatoms. The van der Waals surface area contributed by atoms with Crippen molar-refractivity contribution < 1.29 is 9.53 Å². The first-order chi connectivity index (χ1) is 14.9. The SMILES string of the molecule is Cc1cc(C)c2c(OCC(=O)NCc3ccccc3N3CCN(C)CC3)nn(C)c2n1. The summed E-state index contributed by atoms with van der Waals surface area (Å²) >= 11 is 0. The van der Waals surface area contributed by atoms with Crippen molar-refractivity contribution in [2.75, 3.05) is 44.7 Å². The first-order valence-electron chi connectivity index (χ1n) is 10.6. The Morgan fingerprint density at radius 3 is 2.65 bits per heavy atom. The molecule has 0 radical (unpaired) electrons. The molecule has 3 aromatic rings. The summed E-state index contributed by atoms with van der Waals surface area (Å²) < 4.78 is 7.46. The normalized spacial score (nSPS) is 14.8. The molecule has 1 amide bonds. The number of hydrogen-bond donors (Lipinski definition) is 1. The molecule has 1 aromatic carbocycles. The van der Waals surface area contributed by atoms with Gasteiger partial charge >= 0.3 is 0 Å². The third-order valence-electron chi connectivity index (χ3n) is 5.74. The highest BCUT2D eigenvalue weighted by Gasteiger charge is 2.18. The molecule has 0 aliphatic carbocycles. The number of aromatic nitrogens is 3. The fourth-order valence-electron chi connectivity index (χ4n) is 4.05. The van der Waals surface area contributed by atoms with Gasteiger partial charge in [0.2, 0.25) is 5.88 Å². The van der Waals surface area contributed by atoms with Crippen LogP contribution in [-0.4, -0.2) is 65.4 Å². The van der Waals surface area contributed by atoms with Gasteiger partial charge in [-0.05, 0) is 44.2 Å². The van der Waals surface area contributed by atoms with Crippen molar-refractivity contribution in [2.45, 2.75) is 20.4 Å². The molecule has 0 unspecified atom stereocenters. The Kier molecular flexibility index (Phi) is 6.08. The molecule has 164 valence electrons. The smallest absolute Gasteiger partial charge is 0.258 e. The van der Waals surface area contributed by atoms with Crippen LogP contribution in [-0.2, 0) is 18.4 Å². The van der Waals surface area contributed by atoms with E-state index in [9.17, 15) is 4.79 Å². The highest BCUT2D eigenvalue weighted by molar-refractivity contribution is 5.85. The van der Waals surface area contributed by atoms with Crippen molar-refractivity contribution in [1.82, 2.24) is 25.0 Å². The Morgan fingerprint density at radius 2 is 1.87 bits per heavy atom. The lowest BCUT2D eigenvalue weighted by atomic mass is 10.1. The first-order valence-corrected chi connectivity index (χ1v) is 10.6. The zero-order valence-electron chi connectivity index (χ0n) is 18.7. The lowest BCUT2D eigenvalue weighted by Crippen LogP contribution is -2.45. The number of anilines is 1. The highest BCUT2D eigenvalue weighted by atomic mass is 16.5. The van der Waals surface area contributed by atoms with Gasteiger partial charge in [0.1, 0.15) is 0 Å². The fourth-order valence-corrected chi connectivity index (χ4v) is 4.05. The van der Waals surface area contributed by atoms with Crippen molar-refractivity contribution in [2.24, 2.45) is 7.05 Å². The maximum atomic E-state index is 12.5. The Balaban J connectivity index is 1.38. The highest BCUT2D eigenvalue weighted by Crippen LogP contribution is 2.27. The van der Waals surface area contributed by atoms with Crippen LogP contribution in [0.15, 0.2) is 30.3 Å². The van der Waals surface area contributed by atoms with Gasteiger partial charge in [0.05, 0.1) is 5.39 Å². The topological polar surface area (TPSA) is 75.5 Å². The fraction of sp³-hybridized carbons (Fsp3) is 0.435. The predicted octanol–water partition coefficient (Wildman–Crippen LogP) is 2.03. The summed E-state index contributed by atoms with van der Waals surface area (Å²) in [6, 6.07) is 10.2. The first kappa shape index (κ1) is 21.1. The Labute approximate surface area is 182 Å².